The van der Waals surface area contributed by atoms with Crippen LogP contribution in [0.4, 0.5) is 5.82 Å². The van der Waals surface area contributed by atoms with Crippen LogP contribution in [0.15, 0.2) is 0 Å². The highest BCUT2D eigenvalue weighted by Gasteiger charge is 2.22. The van der Waals surface area contributed by atoms with Gasteiger partial charge in [0.05, 0.1) is 10.6 Å². The molecule has 3 heterocycles. The summed E-state index contributed by atoms with van der Waals surface area (Å²) < 4.78 is 0. The van der Waals surface area contributed by atoms with Crippen LogP contribution in [0.1, 0.15) is 21.5 Å². The number of aromatic nitrogens is 2. The SMILES string of the molecule is Cc1sc2nc(C3CSCCS3)nc(NN)c2c1C. The zero-order chi connectivity index (χ0) is 13.4. The van der Waals surface area contributed by atoms with Crippen molar-refractivity contribution < 1.29 is 0 Å². The molecule has 1 aliphatic rings. The van der Waals surface area contributed by atoms with Crippen molar-refractivity contribution in [2.24, 2.45) is 5.84 Å². The van der Waals surface area contributed by atoms with Crippen LogP contribution >= 0.6 is 34.9 Å². The summed E-state index contributed by atoms with van der Waals surface area (Å²) >= 11 is 5.64. The molecule has 0 aromatic carbocycles. The molecule has 1 aliphatic heterocycles. The molecule has 1 unspecified atom stereocenters. The van der Waals surface area contributed by atoms with Crippen LogP contribution < -0.4 is 11.3 Å². The van der Waals surface area contributed by atoms with Gasteiger partial charge in [0.1, 0.15) is 10.7 Å². The molecule has 2 aromatic rings. The van der Waals surface area contributed by atoms with Gasteiger partial charge < -0.3 is 5.43 Å². The van der Waals surface area contributed by atoms with Gasteiger partial charge in [-0.1, -0.05) is 0 Å². The van der Waals surface area contributed by atoms with E-state index in [0.29, 0.717) is 5.25 Å². The number of hydrogen-bond acceptors (Lipinski definition) is 7. The van der Waals surface area contributed by atoms with E-state index in [2.05, 4.69) is 24.3 Å². The number of nitrogens with one attached hydrogen (secondary N) is 1. The lowest BCUT2D eigenvalue weighted by atomic mass is 10.2. The average molecular weight is 312 g/mol. The van der Waals surface area contributed by atoms with E-state index in [-0.39, 0.29) is 0 Å². The van der Waals surface area contributed by atoms with E-state index in [4.69, 9.17) is 10.8 Å². The molecule has 0 radical (unpaired) electrons. The lowest BCUT2D eigenvalue weighted by molar-refractivity contribution is 0.944. The van der Waals surface area contributed by atoms with Crippen LogP contribution in [-0.2, 0) is 0 Å². The monoisotopic (exact) mass is 312 g/mol. The third kappa shape index (κ3) is 2.44. The number of nitrogens with two attached hydrogens (primary N) is 1. The van der Waals surface area contributed by atoms with Crippen molar-refractivity contribution in [1.82, 2.24) is 9.97 Å². The van der Waals surface area contributed by atoms with Gasteiger partial charge in [-0.25, -0.2) is 15.8 Å². The Bertz CT molecular complexity index is 605. The number of nitrogen functional groups attached to an aromatic ring is 1. The quantitative estimate of drug-likeness (QED) is 0.656. The first kappa shape index (κ1) is 13.5. The molecule has 1 saturated heterocycles. The number of anilines is 1. The molecular weight excluding hydrogens is 296 g/mol. The Morgan fingerprint density at radius 1 is 1.26 bits per heavy atom. The lowest BCUT2D eigenvalue weighted by Gasteiger charge is -2.20. The summed E-state index contributed by atoms with van der Waals surface area (Å²) in [5, 5.41) is 1.46. The summed E-state index contributed by atoms with van der Waals surface area (Å²) in [6.07, 6.45) is 0. The maximum atomic E-state index is 5.64. The van der Waals surface area contributed by atoms with Gasteiger partial charge in [-0.2, -0.15) is 11.8 Å². The summed E-state index contributed by atoms with van der Waals surface area (Å²) in [5.74, 6) is 10.8. The van der Waals surface area contributed by atoms with Crippen LogP contribution in [0, 0.1) is 13.8 Å². The van der Waals surface area contributed by atoms with Crippen LogP contribution in [-0.4, -0.2) is 27.2 Å². The highest BCUT2D eigenvalue weighted by molar-refractivity contribution is 8.06. The van der Waals surface area contributed by atoms with Crippen molar-refractivity contribution in [3.05, 3.63) is 16.3 Å². The predicted octanol–water partition coefficient (Wildman–Crippen LogP) is 3.11. The van der Waals surface area contributed by atoms with Crippen molar-refractivity contribution in [2.45, 2.75) is 19.1 Å². The molecule has 0 saturated carbocycles. The molecule has 19 heavy (non-hydrogen) atoms. The Morgan fingerprint density at radius 3 is 2.79 bits per heavy atom. The van der Waals surface area contributed by atoms with E-state index in [1.165, 1.54) is 21.9 Å². The maximum absolute atomic E-state index is 5.64. The molecule has 2 aromatic heterocycles. The van der Waals surface area contributed by atoms with Gasteiger partial charge in [-0.15, -0.1) is 23.1 Å². The predicted molar refractivity (Wildman–Crippen MR) is 87.2 cm³/mol. The van der Waals surface area contributed by atoms with Gasteiger partial charge in [0.25, 0.3) is 0 Å². The van der Waals surface area contributed by atoms with E-state index in [9.17, 15) is 0 Å². The second-order valence-corrected chi connectivity index (χ2v) is 8.14. The highest BCUT2D eigenvalue weighted by atomic mass is 32.2. The molecule has 0 bridgehead atoms. The van der Waals surface area contributed by atoms with Gasteiger partial charge >= 0.3 is 0 Å². The van der Waals surface area contributed by atoms with E-state index >= 15 is 0 Å². The number of hydrogen-bond donors (Lipinski definition) is 2. The van der Waals surface area contributed by atoms with Crippen molar-refractivity contribution >= 4 is 50.9 Å². The fourth-order valence-electron chi connectivity index (χ4n) is 2.15. The Morgan fingerprint density at radius 2 is 2.11 bits per heavy atom. The largest absolute Gasteiger partial charge is 0.308 e. The van der Waals surface area contributed by atoms with Gasteiger partial charge in [-0.3, -0.25) is 0 Å². The second-order valence-electron chi connectivity index (χ2n) is 4.47. The third-order valence-electron chi connectivity index (χ3n) is 3.29. The minimum absolute atomic E-state index is 0.387. The number of thiophene rings is 1. The Balaban J connectivity index is 2.11. The van der Waals surface area contributed by atoms with Crippen LogP contribution in [0.3, 0.4) is 0 Å². The first-order chi connectivity index (χ1) is 9.20. The zero-order valence-corrected chi connectivity index (χ0v) is 13.3. The number of hydrazine groups is 1. The summed E-state index contributed by atoms with van der Waals surface area (Å²) in [6, 6.07) is 0. The number of fused-ring (bicyclic) bond motifs is 1. The number of thioether (sulfide) groups is 2. The van der Waals surface area contributed by atoms with Gasteiger partial charge in [0.15, 0.2) is 5.82 Å². The summed E-state index contributed by atoms with van der Waals surface area (Å²) in [5.41, 5.74) is 3.97. The lowest BCUT2D eigenvalue weighted by Crippen LogP contribution is -2.14. The third-order valence-corrected chi connectivity index (χ3v) is 7.14. The van der Waals surface area contributed by atoms with E-state index < -0.39 is 0 Å². The Labute approximate surface area is 124 Å². The molecule has 7 heteroatoms. The minimum atomic E-state index is 0.387. The smallest absolute Gasteiger partial charge is 0.152 e. The molecule has 0 amide bonds. The van der Waals surface area contributed by atoms with E-state index in [0.717, 1.165) is 27.6 Å². The molecule has 3 N–H and O–H groups in total. The average Bonchev–Trinajstić information content (AvgIpc) is 2.74. The standard InChI is InChI=1S/C12H16N4S3/c1-6-7(2)19-12-9(6)11(16-13)14-10(15-12)8-5-17-3-4-18-8/h8H,3-5,13H2,1-2H3,(H,14,15,16). The van der Waals surface area contributed by atoms with Crippen molar-refractivity contribution in [2.75, 3.05) is 22.7 Å². The first-order valence-electron chi connectivity index (χ1n) is 6.14. The summed E-state index contributed by atoms with van der Waals surface area (Å²) in [7, 11) is 0. The Hall–Kier alpha value is -0.500. The summed E-state index contributed by atoms with van der Waals surface area (Å²) in [6.45, 7) is 4.22. The van der Waals surface area contributed by atoms with Gasteiger partial charge in [0.2, 0.25) is 0 Å². The zero-order valence-electron chi connectivity index (χ0n) is 10.9. The van der Waals surface area contributed by atoms with Crippen molar-refractivity contribution in [3.8, 4) is 0 Å². The molecular formula is C12H16N4S3. The fourth-order valence-corrected chi connectivity index (χ4v) is 5.79. The van der Waals surface area contributed by atoms with Gasteiger partial charge in [0, 0.05) is 22.1 Å². The number of rotatable bonds is 2. The normalized spacial score (nSPS) is 19.8. The number of nitrogens with zero attached hydrogens (tertiary/aromatic N) is 2. The molecule has 0 aliphatic carbocycles. The highest BCUT2D eigenvalue weighted by Crippen LogP contribution is 2.39. The topological polar surface area (TPSA) is 63.8 Å². The molecule has 1 atom stereocenters. The Kier molecular flexibility index (Phi) is 3.88. The maximum Gasteiger partial charge on any atom is 0.152 e. The molecule has 4 nitrogen and oxygen atoms in total. The summed E-state index contributed by atoms with van der Waals surface area (Å²) in [4.78, 5) is 11.7. The van der Waals surface area contributed by atoms with E-state index in [1.54, 1.807) is 11.3 Å². The fraction of sp³-hybridized carbons (Fsp3) is 0.500. The number of aryl methyl sites for hydroxylation is 2. The van der Waals surface area contributed by atoms with Gasteiger partial charge in [-0.05, 0) is 19.4 Å². The first-order valence-corrected chi connectivity index (χ1v) is 9.16. The van der Waals surface area contributed by atoms with Crippen molar-refractivity contribution in [1.29, 1.82) is 0 Å². The minimum Gasteiger partial charge on any atom is -0.308 e. The molecule has 0 spiro atoms. The molecule has 3 rings (SSSR count). The molecule has 1 fully saturated rings. The second kappa shape index (κ2) is 5.47. The van der Waals surface area contributed by atoms with Crippen LogP contribution in [0.2, 0.25) is 0 Å². The van der Waals surface area contributed by atoms with Crippen LogP contribution in [0.25, 0.3) is 10.2 Å². The molecule has 102 valence electrons. The van der Waals surface area contributed by atoms with E-state index in [1.807, 2.05) is 23.5 Å². The van der Waals surface area contributed by atoms with Crippen molar-refractivity contribution in [3.63, 3.8) is 0 Å². The van der Waals surface area contributed by atoms with Crippen LogP contribution in [0.5, 0.6) is 0 Å².